The van der Waals surface area contributed by atoms with Gasteiger partial charge in [0.1, 0.15) is 5.54 Å². The molecule has 1 aliphatic heterocycles. The van der Waals surface area contributed by atoms with E-state index in [0.29, 0.717) is 19.0 Å². The zero-order valence-corrected chi connectivity index (χ0v) is 12.7. The maximum absolute atomic E-state index is 11.4. The Morgan fingerprint density at radius 1 is 1.42 bits per heavy atom. The van der Waals surface area contributed by atoms with Crippen LogP contribution in [-0.2, 0) is 4.79 Å². The molecular weight excluding hydrogens is 240 g/mol. The van der Waals surface area contributed by atoms with Crippen LogP contribution in [0, 0.1) is 0 Å². The summed E-state index contributed by atoms with van der Waals surface area (Å²) in [6, 6.07) is 0.665. The predicted octanol–water partition coefficient (Wildman–Crippen LogP) is 2.48. The molecule has 4 heteroatoms. The van der Waals surface area contributed by atoms with E-state index in [4.69, 9.17) is 0 Å². The molecule has 1 heterocycles. The Bertz CT molecular complexity index is 281. The number of nitrogens with zero attached hydrogens (tertiary/aromatic N) is 1. The Kier molecular flexibility index (Phi) is 6.80. The van der Waals surface area contributed by atoms with E-state index < -0.39 is 11.5 Å². The highest BCUT2D eigenvalue weighted by Gasteiger charge is 2.33. The van der Waals surface area contributed by atoms with Crippen molar-refractivity contribution in [2.75, 3.05) is 19.6 Å². The summed E-state index contributed by atoms with van der Waals surface area (Å²) in [5.74, 6) is -0.738. The number of likely N-dealkylation sites (N-methyl/N-ethyl adjacent to an activating group) is 1. The van der Waals surface area contributed by atoms with Crippen LogP contribution in [0.15, 0.2) is 0 Å². The number of hydrogen-bond donors (Lipinski definition) is 2. The summed E-state index contributed by atoms with van der Waals surface area (Å²) < 4.78 is 0. The van der Waals surface area contributed by atoms with Gasteiger partial charge in [0.25, 0.3) is 0 Å². The topological polar surface area (TPSA) is 52.6 Å². The van der Waals surface area contributed by atoms with Gasteiger partial charge >= 0.3 is 5.97 Å². The standard InChI is InChI=1S/C15H30N2O2/c1-4-8-13-9-6-7-11-17(13)12-10-15(3,14(18)19)16-5-2/h13,16H,4-12H2,1-3H3,(H,18,19). The molecule has 0 radical (unpaired) electrons. The van der Waals surface area contributed by atoms with E-state index in [1.165, 1.54) is 32.1 Å². The number of carboxylic acid groups (broad SMARTS) is 1. The SMILES string of the molecule is CCCC1CCCCN1CCC(C)(NCC)C(=O)O. The minimum atomic E-state index is -0.789. The first-order chi connectivity index (χ1) is 9.03. The van der Waals surface area contributed by atoms with E-state index in [1.54, 1.807) is 6.92 Å². The van der Waals surface area contributed by atoms with E-state index in [-0.39, 0.29) is 0 Å². The molecule has 1 rings (SSSR count). The zero-order valence-electron chi connectivity index (χ0n) is 12.7. The Balaban J connectivity index is 2.54. The third-order valence-corrected chi connectivity index (χ3v) is 4.31. The van der Waals surface area contributed by atoms with Gasteiger partial charge in [0, 0.05) is 12.6 Å². The van der Waals surface area contributed by atoms with Crippen molar-refractivity contribution < 1.29 is 9.90 Å². The molecule has 0 spiro atoms. The van der Waals surface area contributed by atoms with Gasteiger partial charge < -0.3 is 15.3 Å². The van der Waals surface area contributed by atoms with Crippen molar-refractivity contribution in [3.05, 3.63) is 0 Å². The van der Waals surface area contributed by atoms with Crippen LogP contribution in [0.25, 0.3) is 0 Å². The summed E-state index contributed by atoms with van der Waals surface area (Å²) in [7, 11) is 0. The van der Waals surface area contributed by atoms with E-state index in [2.05, 4.69) is 17.1 Å². The molecule has 0 aromatic carbocycles. The maximum atomic E-state index is 11.4. The van der Waals surface area contributed by atoms with Crippen LogP contribution in [0.5, 0.6) is 0 Å². The van der Waals surface area contributed by atoms with Gasteiger partial charge in [-0.15, -0.1) is 0 Å². The van der Waals surface area contributed by atoms with Crippen molar-refractivity contribution >= 4 is 5.97 Å². The van der Waals surface area contributed by atoms with Gasteiger partial charge in [-0.05, 0) is 45.7 Å². The summed E-state index contributed by atoms with van der Waals surface area (Å²) >= 11 is 0. The van der Waals surface area contributed by atoms with Gasteiger partial charge in [-0.2, -0.15) is 0 Å². The molecule has 19 heavy (non-hydrogen) atoms. The average molecular weight is 270 g/mol. The number of likely N-dealkylation sites (tertiary alicyclic amines) is 1. The van der Waals surface area contributed by atoms with E-state index in [9.17, 15) is 9.90 Å². The van der Waals surface area contributed by atoms with Crippen LogP contribution in [0.4, 0.5) is 0 Å². The lowest BCUT2D eigenvalue weighted by Gasteiger charge is -2.38. The second kappa shape index (κ2) is 7.85. The molecule has 0 aromatic heterocycles. The van der Waals surface area contributed by atoms with Crippen LogP contribution < -0.4 is 5.32 Å². The van der Waals surface area contributed by atoms with Crippen molar-refractivity contribution in [1.29, 1.82) is 0 Å². The second-order valence-electron chi connectivity index (χ2n) is 5.89. The normalized spacial score (nSPS) is 24.1. The van der Waals surface area contributed by atoms with Crippen molar-refractivity contribution in [2.24, 2.45) is 0 Å². The number of aliphatic carboxylic acids is 1. The number of piperidine rings is 1. The number of carboxylic acids is 1. The Hall–Kier alpha value is -0.610. The van der Waals surface area contributed by atoms with Gasteiger partial charge in [-0.1, -0.05) is 26.7 Å². The van der Waals surface area contributed by atoms with Crippen LogP contribution in [0.3, 0.4) is 0 Å². The van der Waals surface area contributed by atoms with E-state index >= 15 is 0 Å². The quantitative estimate of drug-likeness (QED) is 0.711. The monoisotopic (exact) mass is 270 g/mol. The molecule has 1 aliphatic rings. The maximum Gasteiger partial charge on any atom is 0.323 e. The van der Waals surface area contributed by atoms with Crippen LogP contribution in [-0.4, -0.2) is 47.2 Å². The average Bonchev–Trinajstić information content (AvgIpc) is 2.38. The van der Waals surface area contributed by atoms with Crippen molar-refractivity contribution in [3.63, 3.8) is 0 Å². The largest absolute Gasteiger partial charge is 0.480 e. The summed E-state index contributed by atoms with van der Waals surface area (Å²) in [6.45, 7) is 8.71. The minimum absolute atomic E-state index is 0.665. The lowest BCUT2D eigenvalue weighted by atomic mass is 9.94. The Labute approximate surface area is 117 Å². The third-order valence-electron chi connectivity index (χ3n) is 4.31. The van der Waals surface area contributed by atoms with E-state index in [0.717, 1.165) is 13.1 Å². The smallest absolute Gasteiger partial charge is 0.323 e. The van der Waals surface area contributed by atoms with Gasteiger partial charge in [0.15, 0.2) is 0 Å². The predicted molar refractivity (Wildman–Crippen MR) is 78.5 cm³/mol. The fraction of sp³-hybridized carbons (Fsp3) is 0.933. The first kappa shape index (κ1) is 16.4. The number of rotatable bonds is 8. The van der Waals surface area contributed by atoms with Gasteiger partial charge in [0.05, 0.1) is 0 Å². The van der Waals surface area contributed by atoms with Crippen molar-refractivity contribution in [3.8, 4) is 0 Å². The molecule has 0 aliphatic carbocycles. The second-order valence-corrected chi connectivity index (χ2v) is 5.89. The first-order valence-corrected chi connectivity index (χ1v) is 7.76. The molecule has 0 saturated carbocycles. The number of hydrogen-bond acceptors (Lipinski definition) is 3. The zero-order chi connectivity index (χ0) is 14.3. The van der Waals surface area contributed by atoms with Crippen LogP contribution >= 0.6 is 0 Å². The van der Waals surface area contributed by atoms with Gasteiger partial charge in [0.2, 0.25) is 0 Å². The summed E-state index contributed by atoms with van der Waals surface area (Å²) in [4.78, 5) is 13.9. The fourth-order valence-electron chi connectivity index (χ4n) is 3.04. The highest BCUT2D eigenvalue weighted by atomic mass is 16.4. The number of carbonyl (C=O) groups is 1. The lowest BCUT2D eigenvalue weighted by Crippen LogP contribution is -2.52. The Morgan fingerprint density at radius 3 is 2.74 bits per heavy atom. The summed E-state index contributed by atoms with van der Waals surface area (Å²) in [6.07, 6.45) is 6.99. The minimum Gasteiger partial charge on any atom is -0.480 e. The van der Waals surface area contributed by atoms with Gasteiger partial charge in [-0.25, -0.2) is 0 Å². The molecule has 4 nitrogen and oxygen atoms in total. The summed E-state index contributed by atoms with van der Waals surface area (Å²) in [5, 5.41) is 12.5. The molecule has 0 aromatic rings. The Morgan fingerprint density at radius 2 is 2.16 bits per heavy atom. The lowest BCUT2D eigenvalue weighted by molar-refractivity contribution is -0.144. The molecular formula is C15H30N2O2. The van der Waals surface area contributed by atoms with Crippen LogP contribution in [0.1, 0.15) is 59.3 Å². The molecule has 1 fully saturated rings. The van der Waals surface area contributed by atoms with Crippen molar-refractivity contribution in [2.45, 2.75) is 70.9 Å². The molecule has 0 amide bonds. The highest BCUT2D eigenvalue weighted by Crippen LogP contribution is 2.22. The van der Waals surface area contributed by atoms with Crippen molar-refractivity contribution in [1.82, 2.24) is 10.2 Å². The van der Waals surface area contributed by atoms with Gasteiger partial charge in [-0.3, -0.25) is 4.79 Å². The summed E-state index contributed by atoms with van der Waals surface area (Å²) in [5.41, 5.74) is -0.789. The van der Waals surface area contributed by atoms with E-state index in [1.807, 2.05) is 6.92 Å². The molecule has 112 valence electrons. The first-order valence-electron chi connectivity index (χ1n) is 7.76. The molecule has 0 bridgehead atoms. The molecule has 2 N–H and O–H groups in total. The third kappa shape index (κ3) is 4.77. The molecule has 2 unspecified atom stereocenters. The highest BCUT2D eigenvalue weighted by molar-refractivity contribution is 5.78. The molecule has 1 saturated heterocycles. The fourth-order valence-corrected chi connectivity index (χ4v) is 3.04. The molecule has 2 atom stereocenters. The van der Waals surface area contributed by atoms with Crippen LogP contribution in [0.2, 0.25) is 0 Å². The number of nitrogens with one attached hydrogen (secondary N) is 1.